The molecule has 0 bridgehead atoms. The number of hydrogen-bond donors (Lipinski definition) is 4. The monoisotopic (exact) mass is 507 g/mol. The van der Waals surface area contributed by atoms with Crippen molar-refractivity contribution in [3.63, 3.8) is 0 Å². The first-order valence-corrected chi connectivity index (χ1v) is 11.6. The Balaban J connectivity index is 1.34. The number of unbranched alkanes of at least 4 members (excludes halogenated alkanes) is 1. The van der Waals surface area contributed by atoms with Crippen molar-refractivity contribution in [1.82, 2.24) is 0 Å². The van der Waals surface area contributed by atoms with Gasteiger partial charge in [-0.05, 0) is 67.3 Å². The van der Waals surface area contributed by atoms with E-state index in [9.17, 15) is 19.1 Å². The highest BCUT2D eigenvalue weighted by Gasteiger charge is 2.20. The summed E-state index contributed by atoms with van der Waals surface area (Å²) in [6, 6.07) is 15.7. The first-order valence-electron chi connectivity index (χ1n) is 11.6. The predicted molar refractivity (Wildman–Crippen MR) is 136 cm³/mol. The molecule has 9 nitrogen and oxygen atoms in total. The summed E-state index contributed by atoms with van der Waals surface area (Å²) in [5, 5.41) is 14.9. The van der Waals surface area contributed by atoms with E-state index in [0.717, 1.165) is 6.07 Å². The molecule has 2 amide bonds. The van der Waals surface area contributed by atoms with E-state index in [-0.39, 0.29) is 12.7 Å². The van der Waals surface area contributed by atoms with Crippen LogP contribution in [-0.2, 0) is 9.53 Å². The lowest BCUT2D eigenvalue weighted by molar-refractivity contribution is -0.111. The number of fused-ring (bicyclic) bond motifs is 1. The summed E-state index contributed by atoms with van der Waals surface area (Å²) in [5.74, 6) is -0.570. The van der Waals surface area contributed by atoms with Gasteiger partial charge in [-0.3, -0.25) is 10.1 Å². The molecule has 1 aliphatic rings. The Bertz CT molecular complexity index is 1310. The van der Waals surface area contributed by atoms with Gasteiger partial charge in [-0.2, -0.15) is 0 Å². The Morgan fingerprint density at radius 1 is 1.08 bits per heavy atom. The molecule has 4 rings (SSSR count). The van der Waals surface area contributed by atoms with Crippen LogP contribution in [0, 0.1) is 5.82 Å². The molecule has 0 saturated carbocycles. The van der Waals surface area contributed by atoms with Crippen molar-refractivity contribution in [3.8, 4) is 17.2 Å². The minimum absolute atomic E-state index is 0.105. The number of carbonyl (C=O) groups excluding carboxylic acids is 2. The van der Waals surface area contributed by atoms with Crippen LogP contribution in [0.5, 0.6) is 17.2 Å². The van der Waals surface area contributed by atoms with Crippen molar-refractivity contribution >= 4 is 29.1 Å². The summed E-state index contributed by atoms with van der Waals surface area (Å²) in [4.78, 5) is 24.7. The van der Waals surface area contributed by atoms with Crippen LogP contribution in [0.4, 0.5) is 26.2 Å². The Kier molecular flexibility index (Phi) is 8.09. The maximum atomic E-state index is 14.0. The van der Waals surface area contributed by atoms with Crippen molar-refractivity contribution in [1.29, 1.82) is 0 Å². The summed E-state index contributed by atoms with van der Waals surface area (Å²) in [5.41, 5.74) is 7.64. The third-order valence-corrected chi connectivity index (χ3v) is 5.54. The van der Waals surface area contributed by atoms with E-state index in [1.165, 1.54) is 18.2 Å². The first kappa shape index (κ1) is 25.4. The molecule has 1 aliphatic heterocycles. The molecular formula is C27H26FN3O6. The number of hydrogen-bond acceptors (Lipinski definition) is 7. The second-order valence-electron chi connectivity index (χ2n) is 8.21. The fourth-order valence-corrected chi connectivity index (χ4v) is 3.66. The third-order valence-electron chi connectivity index (χ3n) is 5.54. The average Bonchev–Trinajstić information content (AvgIpc) is 3.34. The van der Waals surface area contributed by atoms with Crippen molar-refractivity contribution in [2.45, 2.75) is 25.4 Å². The number of phenols is 1. The van der Waals surface area contributed by atoms with E-state index in [1.54, 1.807) is 48.5 Å². The smallest absolute Gasteiger partial charge is 0.412 e. The lowest BCUT2D eigenvalue weighted by atomic mass is 10.0. The van der Waals surface area contributed by atoms with Gasteiger partial charge in [-0.1, -0.05) is 24.3 Å². The van der Waals surface area contributed by atoms with Gasteiger partial charge in [0.1, 0.15) is 6.10 Å². The highest BCUT2D eigenvalue weighted by Crippen LogP contribution is 2.34. The number of nitrogens with two attached hydrogens (primary N) is 1. The lowest BCUT2D eigenvalue weighted by Gasteiger charge is -2.19. The van der Waals surface area contributed by atoms with Gasteiger partial charge < -0.3 is 30.4 Å². The van der Waals surface area contributed by atoms with Crippen LogP contribution >= 0.6 is 0 Å². The summed E-state index contributed by atoms with van der Waals surface area (Å²) in [6.07, 6.45) is 2.92. The zero-order chi connectivity index (χ0) is 26.2. The van der Waals surface area contributed by atoms with Gasteiger partial charge in [0.05, 0.1) is 11.4 Å². The average molecular weight is 508 g/mol. The summed E-state index contributed by atoms with van der Waals surface area (Å²) in [6.45, 7) is 0.105. The van der Waals surface area contributed by atoms with E-state index in [1.807, 2.05) is 0 Å². The fourth-order valence-electron chi connectivity index (χ4n) is 3.66. The molecule has 1 heterocycles. The number of rotatable bonds is 9. The molecule has 5 N–H and O–H groups in total. The number of aromatic hydroxyl groups is 1. The number of halogens is 1. The van der Waals surface area contributed by atoms with Gasteiger partial charge in [-0.25, -0.2) is 9.18 Å². The molecule has 1 atom stereocenters. The fraction of sp³-hybridized carbons (Fsp3) is 0.185. The maximum Gasteiger partial charge on any atom is 0.412 e. The lowest BCUT2D eigenvalue weighted by Crippen LogP contribution is -2.18. The molecule has 0 aromatic heterocycles. The second kappa shape index (κ2) is 11.8. The number of nitrogens with one attached hydrogen (secondary N) is 2. The molecule has 0 aliphatic carbocycles. The van der Waals surface area contributed by atoms with E-state index in [0.29, 0.717) is 53.4 Å². The quantitative estimate of drug-likeness (QED) is 0.171. The Labute approximate surface area is 212 Å². The third kappa shape index (κ3) is 6.91. The highest BCUT2D eigenvalue weighted by atomic mass is 19.1. The summed E-state index contributed by atoms with van der Waals surface area (Å²) < 4.78 is 30.1. The van der Waals surface area contributed by atoms with Gasteiger partial charge in [-0.15, -0.1) is 0 Å². The van der Waals surface area contributed by atoms with Crippen LogP contribution < -0.4 is 25.8 Å². The van der Waals surface area contributed by atoms with Crippen LogP contribution in [0.15, 0.2) is 72.8 Å². The summed E-state index contributed by atoms with van der Waals surface area (Å²) >= 11 is 0. The molecule has 3 aromatic carbocycles. The number of amides is 2. The zero-order valence-corrected chi connectivity index (χ0v) is 19.8. The maximum absolute atomic E-state index is 14.0. The summed E-state index contributed by atoms with van der Waals surface area (Å²) in [7, 11) is 0. The Morgan fingerprint density at radius 3 is 2.70 bits per heavy atom. The van der Waals surface area contributed by atoms with E-state index in [4.69, 9.17) is 19.9 Å². The highest BCUT2D eigenvalue weighted by molar-refractivity contribution is 6.01. The van der Waals surface area contributed by atoms with Gasteiger partial charge in [0, 0.05) is 11.8 Å². The van der Waals surface area contributed by atoms with Gasteiger partial charge in [0.15, 0.2) is 23.1 Å². The number of ether oxygens (including phenoxy) is 3. The minimum Gasteiger partial charge on any atom is -0.505 e. The molecule has 192 valence electrons. The van der Waals surface area contributed by atoms with Crippen molar-refractivity contribution < 1.29 is 33.3 Å². The standard InChI is InChI=1S/C27H26FN3O6/c28-19-14-17(10-12-22(19)32)23(37-27(34)30-18-11-13-24-25(15-18)36-16-35-24)8-2-1-3-9-26(33)31-21-7-5-4-6-20(21)29/h3-7,9-15,23,32H,1-2,8,16,29H2,(H,30,34)(H,31,33)/b9-3+/t23-/m1/s1. The van der Waals surface area contributed by atoms with Crippen molar-refractivity contribution in [2.75, 3.05) is 23.2 Å². The topological polar surface area (TPSA) is 132 Å². The Morgan fingerprint density at radius 2 is 1.89 bits per heavy atom. The molecule has 0 spiro atoms. The number of phenolic OH excluding ortho intramolecular Hbond substituents is 1. The van der Waals surface area contributed by atoms with Gasteiger partial charge >= 0.3 is 6.09 Å². The van der Waals surface area contributed by atoms with Gasteiger partial charge in [0.25, 0.3) is 0 Å². The van der Waals surface area contributed by atoms with Gasteiger partial charge in [0.2, 0.25) is 12.7 Å². The predicted octanol–water partition coefficient (Wildman–Crippen LogP) is 5.50. The molecule has 0 radical (unpaired) electrons. The molecular weight excluding hydrogens is 481 g/mol. The van der Waals surface area contributed by atoms with Crippen LogP contribution in [-0.4, -0.2) is 23.9 Å². The molecule has 0 unspecified atom stereocenters. The number of para-hydroxylation sites is 2. The van der Waals surface area contributed by atoms with Crippen LogP contribution in [0.1, 0.15) is 30.9 Å². The molecule has 0 fully saturated rings. The van der Waals surface area contributed by atoms with Crippen LogP contribution in [0.3, 0.4) is 0 Å². The van der Waals surface area contributed by atoms with Crippen LogP contribution in [0.25, 0.3) is 0 Å². The van der Waals surface area contributed by atoms with E-state index in [2.05, 4.69) is 10.6 Å². The zero-order valence-electron chi connectivity index (χ0n) is 19.8. The largest absolute Gasteiger partial charge is 0.505 e. The number of carbonyl (C=O) groups is 2. The molecule has 0 saturated heterocycles. The van der Waals surface area contributed by atoms with Crippen molar-refractivity contribution in [3.05, 3.63) is 84.2 Å². The molecule has 10 heteroatoms. The Hall–Kier alpha value is -4.73. The molecule has 3 aromatic rings. The van der Waals surface area contributed by atoms with E-state index < -0.39 is 23.8 Å². The second-order valence-corrected chi connectivity index (χ2v) is 8.21. The first-order chi connectivity index (χ1) is 17.9. The number of benzene rings is 3. The number of allylic oxidation sites excluding steroid dienone is 1. The molecule has 37 heavy (non-hydrogen) atoms. The normalized spacial score (nSPS) is 12.8. The number of anilines is 3. The van der Waals surface area contributed by atoms with E-state index >= 15 is 0 Å². The minimum atomic E-state index is -0.820. The van der Waals surface area contributed by atoms with Crippen molar-refractivity contribution in [2.24, 2.45) is 0 Å². The SMILES string of the molecule is Nc1ccccc1NC(=O)/C=C/CCC[C@@H](OC(=O)Nc1ccc2c(c1)OCO2)c1ccc(O)c(F)c1. The van der Waals surface area contributed by atoms with Crippen LogP contribution in [0.2, 0.25) is 0 Å². The number of nitrogen functional groups attached to an aromatic ring is 1.